The maximum atomic E-state index is 15.1. The molecule has 1 fully saturated rings. The van der Waals surface area contributed by atoms with Gasteiger partial charge >= 0.3 is 0 Å². The van der Waals surface area contributed by atoms with E-state index in [1.807, 2.05) is 22.3 Å². The minimum Gasteiger partial charge on any atom is -0.436 e. The minimum atomic E-state index is -0.523. The van der Waals surface area contributed by atoms with Gasteiger partial charge in [0.05, 0.1) is 11.2 Å². The van der Waals surface area contributed by atoms with Crippen molar-refractivity contribution >= 4 is 17.4 Å². The topological polar surface area (TPSA) is 84.7 Å². The molecule has 8 nitrogen and oxygen atoms in total. The lowest BCUT2D eigenvalue weighted by molar-refractivity contribution is -0.125. The van der Waals surface area contributed by atoms with Crippen LogP contribution in [0.1, 0.15) is 25.0 Å². The Bertz CT molecular complexity index is 1400. The molecule has 1 N–H and O–H groups in total. The van der Waals surface area contributed by atoms with Crippen LogP contribution in [0.2, 0.25) is 0 Å². The van der Waals surface area contributed by atoms with E-state index in [2.05, 4.69) is 15.3 Å². The van der Waals surface area contributed by atoms with Crippen molar-refractivity contribution in [3.05, 3.63) is 78.5 Å². The van der Waals surface area contributed by atoms with Gasteiger partial charge < -0.3 is 15.0 Å². The highest BCUT2D eigenvalue weighted by Crippen LogP contribution is 2.35. The highest BCUT2D eigenvalue weighted by Gasteiger charge is 2.30. The number of carbonyl (C=O) groups excluding carboxylic acids is 1. The zero-order chi connectivity index (χ0) is 24.4. The van der Waals surface area contributed by atoms with Crippen molar-refractivity contribution < 1.29 is 13.9 Å². The smallest absolute Gasteiger partial charge is 0.246 e. The van der Waals surface area contributed by atoms with Crippen LogP contribution in [0, 0.1) is 5.82 Å². The van der Waals surface area contributed by atoms with Gasteiger partial charge in [0.25, 0.3) is 0 Å². The van der Waals surface area contributed by atoms with Crippen LogP contribution < -0.4 is 10.1 Å². The number of nitrogens with one attached hydrogen (secondary N) is 1. The van der Waals surface area contributed by atoms with E-state index in [4.69, 9.17) is 9.72 Å². The van der Waals surface area contributed by atoms with Crippen molar-refractivity contribution in [3.63, 3.8) is 0 Å². The predicted octanol–water partition coefficient (Wildman–Crippen LogP) is 4.66. The Morgan fingerprint density at radius 1 is 1.20 bits per heavy atom. The average molecular weight is 473 g/mol. The van der Waals surface area contributed by atoms with Gasteiger partial charge in [-0.05, 0) is 49.8 Å². The molecular formula is C26H25FN6O2. The maximum Gasteiger partial charge on any atom is 0.246 e. The highest BCUT2D eigenvalue weighted by molar-refractivity contribution is 5.87. The van der Waals surface area contributed by atoms with Crippen LogP contribution in [-0.4, -0.2) is 50.3 Å². The number of anilines is 1. The molecule has 9 heteroatoms. The molecule has 35 heavy (non-hydrogen) atoms. The van der Waals surface area contributed by atoms with Crippen molar-refractivity contribution in [3.8, 4) is 23.0 Å². The first-order valence-corrected chi connectivity index (χ1v) is 11.4. The van der Waals surface area contributed by atoms with E-state index < -0.39 is 5.82 Å². The number of hydrogen-bond donors (Lipinski definition) is 1. The molecule has 4 aromatic rings. The molecule has 1 aromatic carbocycles. The van der Waals surface area contributed by atoms with Crippen molar-refractivity contribution in [1.29, 1.82) is 0 Å². The van der Waals surface area contributed by atoms with Crippen molar-refractivity contribution in [2.45, 2.75) is 19.3 Å². The van der Waals surface area contributed by atoms with Gasteiger partial charge in [0.1, 0.15) is 5.82 Å². The minimum absolute atomic E-state index is 0.00174. The van der Waals surface area contributed by atoms with Gasteiger partial charge in [-0.1, -0.05) is 12.1 Å². The first-order valence-electron chi connectivity index (χ1n) is 11.4. The Hall–Kier alpha value is -4.27. The van der Waals surface area contributed by atoms with Crippen molar-refractivity contribution in [2.75, 3.05) is 25.5 Å². The molecule has 5 rings (SSSR count). The van der Waals surface area contributed by atoms with E-state index in [0.29, 0.717) is 36.3 Å². The fourth-order valence-electron chi connectivity index (χ4n) is 4.41. The quantitative estimate of drug-likeness (QED) is 0.411. The molecule has 0 saturated carbocycles. The molecule has 0 radical (unpaired) electrons. The molecule has 1 aliphatic rings. The Balaban J connectivity index is 1.53. The van der Waals surface area contributed by atoms with Crippen LogP contribution in [0.25, 0.3) is 16.9 Å². The van der Waals surface area contributed by atoms with Crippen LogP contribution >= 0.6 is 0 Å². The molecule has 0 aliphatic carbocycles. The summed E-state index contributed by atoms with van der Waals surface area (Å²) in [6, 6.07) is 11.8. The van der Waals surface area contributed by atoms with E-state index in [1.54, 1.807) is 61.9 Å². The molecule has 1 unspecified atom stereocenters. The fraction of sp³-hybridized carbons (Fsp3) is 0.231. The second kappa shape index (κ2) is 9.54. The number of rotatable bonds is 6. The summed E-state index contributed by atoms with van der Waals surface area (Å²) < 4.78 is 22.5. The number of likely N-dealkylation sites (tertiary alicyclic amines) is 1. The third-order valence-electron chi connectivity index (χ3n) is 6.04. The van der Waals surface area contributed by atoms with E-state index in [-0.39, 0.29) is 17.6 Å². The summed E-state index contributed by atoms with van der Waals surface area (Å²) in [6.07, 6.45) is 7.44. The highest BCUT2D eigenvalue weighted by atomic mass is 19.1. The lowest BCUT2D eigenvalue weighted by Gasteiger charge is -2.13. The van der Waals surface area contributed by atoms with Gasteiger partial charge in [-0.2, -0.15) is 0 Å². The normalized spacial score (nSPS) is 15.7. The number of allylic oxidation sites excluding steroid dienone is 1. The van der Waals surface area contributed by atoms with Crippen molar-refractivity contribution in [1.82, 2.24) is 24.3 Å². The molecule has 1 amide bonds. The van der Waals surface area contributed by atoms with Crippen LogP contribution in [0.15, 0.2) is 67.0 Å². The molecule has 3 aromatic heterocycles. The molecule has 4 heterocycles. The lowest BCUT2D eigenvalue weighted by Crippen LogP contribution is -2.26. The summed E-state index contributed by atoms with van der Waals surface area (Å²) in [7, 11) is 1.78. The molecule has 0 spiro atoms. The maximum absolute atomic E-state index is 15.1. The number of ether oxygens (including phenoxy) is 1. The summed E-state index contributed by atoms with van der Waals surface area (Å²) in [4.78, 5) is 27.6. The third kappa shape index (κ3) is 4.32. The number of hydrogen-bond acceptors (Lipinski definition) is 6. The number of pyridine rings is 1. The second-order valence-corrected chi connectivity index (χ2v) is 8.24. The number of benzene rings is 1. The zero-order valence-corrected chi connectivity index (χ0v) is 19.5. The molecular weight excluding hydrogens is 447 g/mol. The summed E-state index contributed by atoms with van der Waals surface area (Å²) in [6.45, 7) is 3.08. The van der Waals surface area contributed by atoms with Crippen LogP contribution in [0.5, 0.6) is 11.6 Å². The Morgan fingerprint density at radius 2 is 2.09 bits per heavy atom. The number of aromatic nitrogens is 4. The van der Waals surface area contributed by atoms with Gasteiger partial charge in [0, 0.05) is 50.1 Å². The van der Waals surface area contributed by atoms with Crippen molar-refractivity contribution in [2.24, 2.45) is 0 Å². The van der Waals surface area contributed by atoms with Crippen LogP contribution in [0.3, 0.4) is 0 Å². The lowest BCUT2D eigenvalue weighted by atomic mass is 10.0. The number of amides is 1. The van der Waals surface area contributed by atoms with Crippen LogP contribution in [0.4, 0.5) is 10.3 Å². The molecule has 1 aliphatic heterocycles. The van der Waals surface area contributed by atoms with E-state index >= 15 is 4.39 Å². The summed E-state index contributed by atoms with van der Waals surface area (Å²) in [5.74, 6) is 1.09. The first-order chi connectivity index (χ1) is 17.1. The molecule has 178 valence electrons. The number of halogens is 1. The number of fused-ring (bicyclic) bond motifs is 1. The summed E-state index contributed by atoms with van der Waals surface area (Å²) in [5.41, 5.74) is 2.32. The van der Waals surface area contributed by atoms with E-state index in [0.717, 1.165) is 17.6 Å². The standard InChI is InChI=1S/C26H25FN6O2/c1-3-6-23(34)32-14-11-18(16-32)24-20-10-13-30-26(28-2)33(20)25(31-24)17-8-9-21(19(27)15-17)35-22-7-4-5-12-29-22/h3-10,12-13,15,18H,11,14,16H2,1-2H3,(H,28,30)/b6-3-. The second-order valence-electron chi connectivity index (χ2n) is 8.24. The zero-order valence-electron chi connectivity index (χ0n) is 19.5. The monoisotopic (exact) mass is 472 g/mol. The Morgan fingerprint density at radius 3 is 2.83 bits per heavy atom. The largest absolute Gasteiger partial charge is 0.436 e. The van der Waals surface area contributed by atoms with Gasteiger partial charge in [0.2, 0.25) is 17.7 Å². The van der Waals surface area contributed by atoms with Gasteiger partial charge in [0.15, 0.2) is 11.6 Å². The predicted molar refractivity (Wildman–Crippen MR) is 131 cm³/mol. The number of carbonyl (C=O) groups is 1. The summed E-state index contributed by atoms with van der Waals surface area (Å²) >= 11 is 0. The fourth-order valence-corrected chi connectivity index (χ4v) is 4.41. The van der Waals surface area contributed by atoms with Gasteiger partial charge in [-0.3, -0.25) is 9.20 Å². The van der Waals surface area contributed by atoms with Crippen LogP contribution in [-0.2, 0) is 4.79 Å². The van der Waals surface area contributed by atoms with E-state index in [1.165, 1.54) is 6.07 Å². The molecule has 1 saturated heterocycles. The number of nitrogens with zero attached hydrogens (tertiary/aromatic N) is 5. The SMILES string of the molecule is C/C=C\C(=O)N1CCC(c2nc(-c3ccc(Oc4ccccn4)c(F)c3)n3c(NC)nccc23)C1. The first kappa shape index (κ1) is 22.5. The van der Waals surface area contributed by atoms with Gasteiger partial charge in [-0.15, -0.1) is 0 Å². The average Bonchev–Trinajstić information content (AvgIpc) is 3.51. The van der Waals surface area contributed by atoms with E-state index in [9.17, 15) is 4.79 Å². The van der Waals surface area contributed by atoms with Gasteiger partial charge in [-0.25, -0.2) is 19.3 Å². The molecule has 0 bridgehead atoms. The Kier molecular flexibility index (Phi) is 6.13. The number of imidazole rings is 1. The third-order valence-corrected chi connectivity index (χ3v) is 6.04. The molecule has 1 atom stereocenters. The summed E-state index contributed by atoms with van der Waals surface area (Å²) in [5, 5.41) is 3.10. The Labute approximate surface area is 202 Å².